The lowest BCUT2D eigenvalue weighted by Crippen LogP contribution is -2.49. The van der Waals surface area contributed by atoms with E-state index < -0.39 is 10.8 Å². The van der Waals surface area contributed by atoms with E-state index in [1.807, 2.05) is 0 Å². The molecule has 0 spiro atoms. The topological polar surface area (TPSA) is 29.1 Å². The van der Waals surface area contributed by atoms with Crippen molar-refractivity contribution in [2.24, 2.45) is 5.92 Å². The molecule has 0 aromatic heterocycles. The Kier molecular flexibility index (Phi) is 3.63. The summed E-state index contributed by atoms with van der Waals surface area (Å²) in [5, 5.41) is 3.77. The molecule has 2 aliphatic heterocycles. The Balaban J connectivity index is 1.92. The molecule has 22 heavy (non-hydrogen) atoms. The molecule has 1 N–H and O–H groups in total. The molecular formula is C19H21NOS. The minimum Gasteiger partial charge on any atom is -0.315 e. The highest BCUT2D eigenvalue weighted by Crippen LogP contribution is 2.48. The van der Waals surface area contributed by atoms with Crippen molar-refractivity contribution in [3.63, 3.8) is 0 Å². The van der Waals surface area contributed by atoms with E-state index in [0.717, 1.165) is 25.3 Å². The van der Waals surface area contributed by atoms with Crippen LogP contribution in [0.5, 0.6) is 0 Å². The summed E-state index contributed by atoms with van der Waals surface area (Å²) in [5.41, 5.74) is 2.73. The molecule has 2 nitrogen and oxygen atoms in total. The van der Waals surface area contributed by atoms with Crippen LogP contribution in [0, 0.1) is 5.92 Å². The van der Waals surface area contributed by atoms with Crippen molar-refractivity contribution in [3.8, 4) is 0 Å². The Bertz CT molecular complexity index is 631. The van der Waals surface area contributed by atoms with Gasteiger partial charge in [0.1, 0.15) is 0 Å². The molecule has 4 rings (SSSR count). The molecule has 114 valence electrons. The van der Waals surface area contributed by atoms with Gasteiger partial charge in [0.05, 0.1) is 5.25 Å². The summed E-state index contributed by atoms with van der Waals surface area (Å²) in [5.74, 6) is 1.21. The van der Waals surface area contributed by atoms with E-state index in [4.69, 9.17) is 0 Å². The maximum atomic E-state index is 12.5. The van der Waals surface area contributed by atoms with Crippen molar-refractivity contribution in [2.45, 2.75) is 17.1 Å². The lowest BCUT2D eigenvalue weighted by atomic mass is 9.63. The Labute approximate surface area is 134 Å². The number of rotatable bonds is 2. The number of benzene rings is 2. The Morgan fingerprint density at radius 3 is 2.09 bits per heavy atom. The first-order valence-corrected chi connectivity index (χ1v) is 9.39. The molecule has 0 saturated carbocycles. The molecule has 0 aliphatic carbocycles. The first-order valence-electron chi connectivity index (χ1n) is 8.01. The standard InChI is InChI=1S/C19H21NOS/c21-22-12-11-19(15-7-3-1-4-8-15,16-9-5-2-6-10-16)17-13-20-14-18(17)22/h1-10,17-18,20H,11-14H2/t17-,18+,22+/m1/s1. The lowest BCUT2D eigenvalue weighted by molar-refractivity contribution is 0.323. The summed E-state index contributed by atoms with van der Waals surface area (Å²) in [4.78, 5) is 0. The lowest BCUT2D eigenvalue weighted by Gasteiger charge is -2.46. The number of nitrogens with one attached hydrogen (secondary N) is 1. The summed E-state index contributed by atoms with van der Waals surface area (Å²) in [6, 6.07) is 21.7. The van der Waals surface area contributed by atoms with Crippen LogP contribution in [-0.4, -0.2) is 28.3 Å². The van der Waals surface area contributed by atoms with Gasteiger partial charge in [-0.05, 0) is 17.5 Å². The van der Waals surface area contributed by atoms with Gasteiger partial charge in [-0.2, -0.15) is 0 Å². The van der Waals surface area contributed by atoms with E-state index in [1.54, 1.807) is 0 Å². The largest absolute Gasteiger partial charge is 0.315 e. The third-order valence-corrected chi connectivity index (χ3v) is 7.18. The van der Waals surface area contributed by atoms with Crippen LogP contribution in [0.15, 0.2) is 60.7 Å². The minimum absolute atomic E-state index is 0.00933. The average molecular weight is 311 g/mol. The van der Waals surface area contributed by atoms with Gasteiger partial charge in [0, 0.05) is 41.0 Å². The molecule has 2 heterocycles. The number of fused-ring (bicyclic) bond motifs is 1. The molecule has 2 saturated heterocycles. The highest BCUT2D eigenvalue weighted by atomic mass is 32.2. The minimum atomic E-state index is -0.702. The second-order valence-electron chi connectivity index (χ2n) is 6.34. The molecule has 2 aliphatic rings. The molecular weight excluding hydrogens is 290 g/mol. The summed E-state index contributed by atoms with van der Waals surface area (Å²) in [6.45, 7) is 1.85. The Hall–Kier alpha value is -1.45. The van der Waals surface area contributed by atoms with Gasteiger partial charge in [-0.3, -0.25) is 4.21 Å². The first kappa shape index (κ1) is 14.2. The monoisotopic (exact) mass is 311 g/mol. The van der Waals surface area contributed by atoms with Crippen molar-refractivity contribution >= 4 is 10.8 Å². The van der Waals surface area contributed by atoms with Crippen molar-refractivity contribution in [1.82, 2.24) is 5.32 Å². The normalized spacial score (nSPS) is 29.9. The number of hydrogen-bond donors (Lipinski definition) is 1. The van der Waals surface area contributed by atoms with E-state index in [0.29, 0.717) is 5.92 Å². The Morgan fingerprint density at radius 2 is 1.50 bits per heavy atom. The maximum absolute atomic E-state index is 12.5. The van der Waals surface area contributed by atoms with E-state index in [-0.39, 0.29) is 10.7 Å². The van der Waals surface area contributed by atoms with Gasteiger partial charge in [-0.15, -0.1) is 0 Å². The molecule has 0 unspecified atom stereocenters. The smallest absolute Gasteiger partial charge is 0.0524 e. The zero-order chi connectivity index (χ0) is 15.0. The van der Waals surface area contributed by atoms with Crippen LogP contribution >= 0.6 is 0 Å². The fourth-order valence-electron chi connectivity index (χ4n) is 4.38. The zero-order valence-electron chi connectivity index (χ0n) is 12.6. The van der Waals surface area contributed by atoms with Crippen LogP contribution in [0.2, 0.25) is 0 Å². The molecule has 2 fully saturated rings. The van der Waals surface area contributed by atoms with Crippen LogP contribution in [-0.2, 0) is 16.2 Å². The van der Waals surface area contributed by atoms with Crippen LogP contribution in [0.1, 0.15) is 17.5 Å². The average Bonchev–Trinajstić information content (AvgIpc) is 3.08. The Morgan fingerprint density at radius 1 is 0.909 bits per heavy atom. The molecule has 2 aromatic rings. The van der Waals surface area contributed by atoms with E-state index in [9.17, 15) is 4.21 Å². The van der Waals surface area contributed by atoms with Crippen LogP contribution < -0.4 is 5.32 Å². The maximum Gasteiger partial charge on any atom is 0.0524 e. The summed E-state index contributed by atoms with van der Waals surface area (Å²) >= 11 is 0. The third kappa shape index (κ3) is 2.07. The third-order valence-electron chi connectivity index (χ3n) is 5.40. The predicted molar refractivity (Wildman–Crippen MR) is 91.4 cm³/mol. The second kappa shape index (κ2) is 5.64. The molecule has 0 amide bonds. The van der Waals surface area contributed by atoms with Gasteiger partial charge < -0.3 is 5.32 Å². The SMILES string of the molecule is O=[S@]1CCC(c2ccccc2)(c2ccccc2)[C@@H]2CNC[C@@H]21. The van der Waals surface area contributed by atoms with Crippen LogP contribution in [0.4, 0.5) is 0 Å². The highest BCUT2D eigenvalue weighted by molar-refractivity contribution is 7.85. The highest BCUT2D eigenvalue weighted by Gasteiger charge is 2.52. The molecule has 0 bridgehead atoms. The quantitative estimate of drug-likeness (QED) is 0.924. The van der Waals surface area contributed by atoms with E-state index >= 15 is 0 Å². The zero-order valence-corrected chi connectivity index (χ0v) is 13.4. The van der Waals surface area contributed by atoms with Crippen molar-refractivity contribution in [1.29, 1.82) is 0 Å². The summed E-state index contributed by atoms with van der Waals surface area (Å²) in [7, 11) is -0.702. The van der Waals surface area contributed by atoms with Gasteiger partial charge in [-0.25, -0.2) is 0 Å². The van der Waals surface area contributed by atoms with E-state index in [2.05, 4.69) is 66.0 Å². The first-order chi connectivity index (χ1) is 10.8. The van der Waals surface area contributed by atoms with Gasteiger partial charge in [0.15, 0.2) is 0 Å². The fraction of sp³-hybridized carbons (Fsp3) is 0.368. The molecule has 3 heteroatoms. The van der Waals surface area contributed by atoms with Gasteiger partial charge >= 0.3 is 0 Å². The summed E-state index contributed by atoms with van der Waals surface area (Å²) in [6.07, 6.45) is 0.969. The van der Waals surface area contributed by atoms with Crippen molar-refractivity contribution < 1.29 is 4.21 Å². The van der Waals surface area contributed by atoms with Gasteiger partial charge in [0.2, 0.25) is 0 Å². The van der Waals surface area contributed by atoms with Crippen LogP contribution in [0.25, 0.3) is 0 Å². The molecule has 0 radical (unpaired) electrons. The van der Waals surface area contributed by atoms with Crippen molar-refractivity contribution in [3.05, 3.63) is 71.8 Å². The van der Waals surface area contributed by atoms with Gasteiger partial charge in [0.25, 0.3) is 0 Å². The summed E-state index contributed by atoms with van der Waals surface area (Å²) < 4.78 is 12.5. The van der Waals surface area contributed by atoms with E-state index in [1.165, 1.54) is 11.1 Å². The molecule has 3 atom stereocenters. The molecule has 2 aromatic carbocycles. The second-order valence-corrected chi connectivity index (χ2v) is 8.12. The van der Waals surface area contributed by atoms with Crippen LogP contribution in [0.3, 0.4) is 0 Å². The fourth-order valence-corrected chi connectivity index (χ4v) is 6.20. The van der Waals surface area contributed by atoms with Gasteiger partial charge in [-0.1, -0.05) is 60.7 Å². The predicted octanol–water partition coefficient (Wildman–Crippen LogP) is 2.71. The number of hydrogen-bond acceptors (Lipinski definition) is 2. The van der Waals surface area contributed by atoms with Crippen molar-refractivity contribution in [2.75, 3.05) is 18.8 Å².